The quantitative estimate of drug-likeness (QED) is 0.413. The minimum atomic E-state index is -5.12. The van der Waals surface area contributed by atoms with E-state index in [2.05, 4.69) is 5.32 Å². The fourth-order valence-electron chi connectivity index (χ4n) is 3.25. The maximum atomic E-state index is 13.1. The van der Waals surface area contributed by atoms with Crippen LogP contribution in [0.15, 0.2) is 72.8 Å². The summed E-state index contributed by atoms with van der Waals surface area (Å²) in [4.78, 5) is 24.4. The van der Waals surface area contributed by atoms with Crippen molar-refractivity contribution in [1.29, 1.82) is 0 Å². The predicted molar refractivity (Wildman–Crippen MR) is 118 cm³/mol. The summed E-state index contributed by atoms with van der Waals surface area (Å²) in [6, 6.07) is 14.8. The molecule has 1 atom stereocenters. The number of benzene rings is 3. The lowest BCUT2D eigenvalue weighted by molar-refractivity contribution is -0.143. The number of hydrogen-bond acceptors (Lipinski definition) is 3. The van der Waals surface area contributed by atoms with Gasteiger partial charge in [-0.05, 0) is 41.5 Å². The molecular weight excluding hydrogens is 490 g/mol. The first-order valence-corrected chi connectivity index (χ1v) is 10.5. The molecule has 0 bridgehead atoms. The number of amides is 2. The molecule has 0 aromatic heterocycles. The average molecular weight is 510 g/mol. The Hall–Kier alpha value is -4.02. The van der Waals surface area contributed by atoms with Crippen molar-refractivity contribution in [3.8, 4) is 5.75 Å². The molecule has 3 aromatic carbocycles. The van der Waals surface area contributed by atoms with Gasteiger partial charge in [0, 0.05) is 12.0 Å². The van der Waals surface area contributed by atoms with E-state index in [4.69, 9.17) is 10.5 Å². The van der Waals surface area contributed by atoms with Crippen LogP contribution in [0.2, 0.25) is 0 Å². The lowest BCUT2D eigenvalue weighted by Crippen LogP contribution is -2.46. The van der Waals surface area contributed by atoms with E-state index >= 15 is 0 Å². The first-order valence-electron chi connectivity index (χ1n) is 10.5. The van der Waals surface area contributed by atoms with Crippen molar-refractivity contribution in [1.82, 2.24) is 5.32 Å². The van der Waals surface area contributed by atoms with E-state index in [1.165, 1.54) is 0 Å². The Morgan fingerprint density at radius 1 is 0.806 bits per heavy atom. The maximum Gasteiger partial charge on any atom is 0.416 e. The van der Waals surface area contributed by atoms with Crippen LogP contribution in [0.4, 0.5) is 26.3 Å². The minimum Gasteiger partial charge on any atom is -0.489 e. The number of alkyl halides is 6. The molecule has 0 radical (unpaired) electrons. The number of halogens is 6. The molecule has 3 rings (SSSR count). The zero-order chi connectivity index (χ0) is 26.5. The van der Waals surface area contributed by atoms with E-state index in [1.54, 1.807) is 24.3 Å². The average Bonchev–Trinajstić information content (AvgIpc) is 2.82. The summed E-state index contributed by atoms with van der Waals surface area (Å²) in [6.45, 7) is 0.317. The highest BCUT2D eigenvalue weighted by Crippen LogP contribution is 2.36. The standard InChI is InChI=1S/C25H20F6N2O3/c26-24(27,28)18-11-17(12-19(13-18)25(29,30)31)23(35)33-21(22(32)34)10-15-6-8-20(9-7-15)36-14-16-4-2-1-3-5-16/h1-9,11-13,21H,10,14H2,(H2,32,34)(H,33,35)/t21-/m1/s1. The first kappa shape index (κ1) is 26.6. The van der Waals surface area contributed by atoms with Gasteiger partial charge in [-0.1, -0.05) is 42.5 Å². The smallest absolute Gasteiger partial charge is 0.416 e. The molecule has 3 N–H and O–H groups in total. The van der Waals surface area contributed by atoms with E-state index in [-0.39, 0.29) is 24.6 Å². The highest BCUT2D eigenvalue weighted by Gasteiger charge is 2.37. The van der Waals surface area contributed by atoms with Gasteiger partial charge in [0.1, 0.15) is 18.4 Å². The second-order valence-corrected chi connectivity index (χ2v) is 7.85. The molecule has 2 amide bonds. The monoisotopic (exact) mass is 510 g/mol. The number of nitrogens with one attached hydrogen (secondary N) is 1. The summed E-state index contributed by atoms with van der Waals surface area (Å²) in [5, 5.41) is 2.12. The molecule has 5 nitrogen and oxygen atoms in total. The van der Waals surface area contributed by atoms with Gasteiger partial charge in [-0.25, -0.2) is 0 Å². The van der Waals surface area contributed by atoms with Crippen molar-refractivity contribution in [2.24, 2.45) is 5.73 Å². The third-order valence-corrected chi connectivity index (χ3v) is 5.11. The number of carbonyl (C=O) groups is 2. The summed E-state index contributed by atoms with van der Waals surface area (Å²) >= 11 is 0. The first-order chi connectivity index (χ1) is 16.8. The fourth-order valence-corrected chi connectivity index (χ4v) is 3.25. The largest absolute Gasteiger partial charge is 0.489 e. The van der Waals surface area contributed by atoms with Crippen molar-refractivity contribution in [3.63, 3.8) is 0 Å². The second kappa shape index (κ2) is 10.7. The van der Waals surface area contributed by atoms with Crippen LogP contribution >= 0.6 is 0 Å². The highest BCUT2D eigenvalue weighted by molar-refractivity contribution is 5.97. The van der Waals surface area contributed by atoms with E-state index in [0.29, 0.717) is 17.9 Å². The molecular formula is C25H20F6N2O3. The molecule has 3 aromatic rings. The van der Waals surface area contributed by atoms with Crippen LogP contribution in [0, 0.1) is 0 Å². The summed E-state index contributed by atoms with van der Waals surface area (Å²) in [5.41, 5.74) is 2.57. The Morgan fingerprint density at radius 3 is 1.86 bits per heavy atom. The van der Waals surface area contributed by atoms with E-state index < -0.39 is 46.9 Å². The van der Waals surface area contributed by atoms with Gasteiger partial charge in [0.25, 0.3) is 5.91 Å². The highest BCUT2D eigenvalue weighted by atomic mass is 19.4. The minimum absolute atomic E-state index is 0.0935. The SMILES string of the molecule is NC(=O)[C@@H](Cc1ccc(OCc2ccccc2)cc1)NC(=O)c1cc(C(F)(F)F)cc(C(F)(F)F)c1. The number of carbonyl (C=O) groups excluding carboxylic acids is 2. The molecule has 0 unspecified atom stereocenters. The molecule has 0 fully saturated rings. The van der Waals surface area contributed by atoms with Crippen molar-refractivity contribution in [2.75, 3.05) is 0 Å². The summed E-state index contributed by atoms with van der Waals surface area (Å²) in [5.74, 6) is -1.81. The Bertz CT molecular complexity index is 1180. The normalized spacial score (nSPS) is 12.6. The topological polar surface area (TPSA) is 81.4 Å². The Morgan fingerprint density at radius 2 is 1.36 bits per heavy atom. The zero-order valence-corrected chi connectivity index (χ0v) is 18.5. The van der Waals surface area contributed by atoms with E-state index in [9.17, 15) is 35.9 Å². The van der Waals surface area contributed by atoms with Crippen molar-refractivity contribution in [2.45, 2.75) is 31.4 Å². The molecule has 0 saturated heterocycles. The summed E-state index contributed by atoms with van der Waals surface area (Å²) < 4.78 is 84.1. The molecule has 0 spiro atoms. The second-order valence-electron chi connectivity index (χ2n) is 7.85. The lowest BCUT2D eigenvalue weighted by atomic mass is 10.0. The molecule has 190 valence electrons. The fraction of sp³-hybridized carbons (Fsp3) is 0.200. The molecule has 0 aliphatic heterocycles. The maximum absolute atomic E-state index is 13.1. The van der Waals surface area contributed by atoms with Gasteiger partial charge >= 0.3 is 12.4 Å². The van der Waals surface area contributed by atoms with Crippen LogP contribution < -0.4 is 15.8 Å². The molecule has 0 aliphatic rings. The number of ether oxygens (including phenoxy) is 1. The Balaban J connectivity index is 1.72. The van der Waals surface area contributed by atoms with Gasteiger partial charge < -0.3 is 15.8 Å². The molecule has 0 aliphatic carbocycles. The molecule has 0 heterocycles. The van der Waals surface area contributed by atoms with Crippen molar-refractivity contribution in [3.05, 3.63) is 101 Å². The van der Waals surface area contributed by atoms with Crippen molar-refractivity contribution < 1.29 is 40.7 Å². The molecule has 36 heavy (non-hydrogen) atoms. The zero-order valence-electron chi connectivity index (χ0n) is 18.5. The lowest BCUT2D eigenvalue weighted by Gasteiger charge is -2.18. The van der Waals surface area contributed by atoms with Gasteiger partial charge in [-0.15, -0.1) is 0 Å². The van der Waals surface area contributed by atoms with Crippen molar-refractivity contribution >= 4 is 11.8 Å². The third kappa shape index (κ3) is 7.24. The van der Waals surface area contributed by atoms with Gasteiger partial charge in [0.15, 0.2) is 0 Å². The van der Waals surface area contributed by atoms with Crippen LogP contribution in [0.3, 0.4) is 0 Å². The van der Waals surface area contributed by atoms with Crippen LogP contribution in [0.1, 0.15) is 32.6 Å². The number of rotatable bonds is 8. The molecule has 0 saturated carbocycles. The van der Waals surface area contributed by atoms with Crippen LogP contribution in [-0.2, 0) is 30.2 Å². The number of hydrogen-bond donors (Lipinski definition) is 2. The predicted octanol–water partition coefficient (Wildman–Crippen LogP) is 5.13. The Labute approximate surface area is 201 Å². The number of primary amides is 1. The Kier molecular flexibility index (Phi) is 7.91. The van der Waals surface area contributed by atoms with Crippen LogP contribution in [0.25, 0.3) is 0 Å². The summed E-state index contributed by atoms with van der Waals surface area (Å²) in [7, 11) is 0. The van der Waals surface area contributed by atoms with Crippen LogP contribution in [0.5, 0.6) is 5.75 Å². The van der Waals surface area contributed by atoms with Gasteiger partial charge in [-0.2, -0.15) is 26.3 Å². The van der Waals surface area contributed by atoms with E-state index in [0.717, 1.165) is 5.56 Å². The van der Waals surface area contributed by atoms with Gasteiger partial charge in [-0.3, -0.25) is 9.59 Å². The number of nitrogens with two attached hydrogens (primary N) is 1. The summed E-state index contributed by atoms with van der Waals surface area (Å²) in [6.07, 6.45) is -10.4. The van der Waals surface area contributed by atoms with Gasteiger partial charge in [0.2, 0.25) is 5.91 Å². The third-order valence-electron chi connectivity index (χ3n) is 5.11. The van der Waals surface area contributed by atoms with Gasteiger partial charge in [0.05, 0.1) is 11.1 Å². The van der Waals surface area contributed by atoms with Crippen LogP contribution in [-0.4, -0.2) is 17.9 Å². The molecule has 11 heteroatoms. The van der Waals surface area contributed by atoms with E-state index in [1.807, 2.05) is 30.3 Å².